The zero-order chi connectivity index (χ0) is 36.5. The normalized spacial score (nSPS) is 13.2. The number of aliphatic carboxylic acids is 1. The van der Waals surface area contributed by atoms with Gasteiger partial charge in [0.15, 0.2) is 7.37 Å². The van der Waals surface area contributed by atoms with Crippen molar-refractivity contribution in [2.45, 2.75) is 70.0 Å². The Morgan fingerprint density at radius 1 is 1.17 bits per heavy atom. The lowest BCUT2D eigenvalue weighted by Gasteiger charge is -2.16. The van der Waals surface area contributed by atoms with Crippen molar-refractivity contribution in [1.29, 1.82) is 0 Å². The molecule has 47 heavy (non-hydrogen) atoms. The van der Waals surface area contributed by atoms with Crippen LogP contribution in [-0.4, -0.2) is 72.4 Å². The molecule has 2 unspecified atom stereocenters. The number of nitrogens with two attached hydrogens (primary N) is 2. The van der Waals surface area contributed by atoms with Crippen molar-refractivity contribution in [3.05, 3.63) is 54.7 Å². The van der Waals surface area contributed by atoms with Crippen molar-refractivity contribution < 1.29 is 28.5 Å². The van der Waals surface area contributed by atoms with Crippen molar-refractivity contribution >= 4 is 48.3 Å². The van der Waals surface area contributed by atoms with E-state index in [-0.39, 0.29) is 40.2 Å². The average Bonchev–Trinajstić information content (AvgIpc) is 3.34. The minimum atomic E-state index is -3.10. The maximum absolute atomic E-state index is 12.0. The van der Waals surface area contributed by atoms with Gasteiger partial charge in [0.05, 0.1) is 15.7 Å². The summed E-state index contributed by atoms with van der Waals surface area (Å²) in [6.45, 7) is 12.6. The van der Waals surface area contributed by atoms with E-state index < -0.39 is 30.6 Å². The SMILES string of the molecule is C#CCOc1cc(-n2nc(C(C)(C)C)oc2=O)c(Cl)cc1Cl.CP(=O)(O)CCC(N)C(=O)O.CSc1nnc(C(C)(C)C)c(=O)n1N. The van der Waals surface area contributed by atoms with Crippen LogP contribution in [0.5, 0.6) is 5.75 Å². The van der Waals surface area contributed by atoms with Crippen LogP contribution in [0.3, 0.4) is 0 Å². The quantitative estimate of drug-likeness (QED) is 0.112. The second kappa shape index (κ2) is 17.2. The van der Waals surface area contributed by atoms with Gasteiger partial charge in [0.1, 0.15) is 24.1 Å². The van der Waals surface area contributed by atoms with Gasteiger partial charge in [-0.15, -0.1) is 21.7 Å². The molecular formula is C28H40Cl2N7O8PS. The zero-order valence-corrected chi connectivity index (χ0v) is 30.5. The van der Waals surface area contributed by atoms with Crippen LogP contribution in [0.25, 0.3) is 5.69 Å². The third-order valence-electron chi connectivity index (χ3n) is 5.66. The Kier molecular flexibility index (Phi) is 15.3. The number of nitrogen functional groups attached to an aromatic ring is 1. The first kappa shape index (κ1) is 41.7. The Hall–Kier alpha value is -3.32. The summed E-state index contributed by atoms with van der Waals surface area (Å²) < 4.78 is 23.2. The van der Waals surface area contributed by atoms with Crippen LogP contribution >= 0.6 is 42.3 Å². The van der Waals surface area contributed by atoms with E-state index in [4.69, 9.17) is 60.4 Å². The van der Waals surface area contributed by atoms with Crippen LogP contribution in [0, 0.1) is 12.3 Å². The first-order valence-corrected chi connectivity index (χ1v) is 17.9. The summed E-state index contributed by atoms with van der Waals surface area (Å²) in [6.07, 6.45) is 6.95. The summed E-state index contributed by atoms with van der Waals surface area (Å²) in [6, 6.07) is 1.93. The lowest BCUT2D eigenvalue weighted by molar-refractivity contribution is -0.138. The van der Waals surface area contributed by atoms with E-state index in [9.17, 15) is 18.9 Å². The topological polar surface area (TPSA) is 232 Å². The van der Waals surface area contributed by atoms with E-state index >= 15 is 0 Å². The van der Waals surface area contributed by atoms with Gasteiger partial charge in [-0.05, 0) is 18.7 Å². The Morgan fingerprint density at radius 2 is 1.77 bits per heavy atom. The molecule has 0 aliphatic rings. The number of thioether (sulfide) groups is 1. The molecule has 0 saturated carbocycles. The Morgan fingerprint density at radius 3 is 2.21 bits per heavy atom. The molecule has 0 aliphatic heterocycles. The molecule has 3 rings (SSSR count). The highest BCUT2D eigenvalue weighted by Gasteiger charge is 2.25. The monoisotopic (exact) mass is 735 g/mol. The lowest BCUT2D eigenvalue weighted by atomic mass is 9.93. The molecule has 19 heteroatoms. The number of hydrogen-bond donors (Lipinski definition) is 4. The summed E-state index contributed by atoms with van der Waals surface area (Å²) in [7, 11) is -3.10. The third-order valence-corrected chi connectivity index (χ3v) is 7.99. The summed E-state index contributed by atoms with van der Waals surface area (Å²) in [4.78, 5) is 42.6. The molecule has 2 heterocycles. The molecule has 3 aromatic rings. The molecule has 0 bridgehead atoms. The number of aromatic nitrogens is 5. The first-order chi connectivity index (χ1) is 21.4. The third kappa shape index (κ3) is 13.0. The summed E-state index contributed by atoms with van der Waals surface area (Å²) in [5.74, 6) is 6.74. The molecule has 0 radical (unpaired) electrons. The minimum absolute atomic E-state index is 0.0412. The Balaban J connectivity index is 0.000000381. The fourth-order valence-corrected chi connectivity index (χ4v) is 4.82. The van der Waals surface area contributed by atoms with Crippen molar-refractivity contribution in [1.82, 2.24) is 24.7 Å². The summed E-state index contributed by atoms with van der Waals surface area (Å²) >= 11 is 13.5. The Labute approximate surface area is 286 Å². The maximum atomic E-state index is 12.0. The van der Waals surface area contributed by atoms with Gasteiger partial charge in [-0.2, -0.15) is 9.36 Å². The first-order valence-electron chi connectivity index (χ1n) is 13.7. The van der Waals surface area contributed by atoms with Crippen LogP contribution in [0.2, 0.25) is 10.0 Å². The van der Waals surface area contributed by atoms with E-state index in [1.165, 1.54) is 30.6 Å². The minimum Gasteiger partial charge on any atom is -0.480 e. The second-order valence-electron chi connectivity index (χ2n) is 12.0. The fourth-order valence-electron chi connectivity index (χ4n) is 3.14. The molecule has 0 aliphatic carbocycles. The number of nitrogens with zero attached hydrogens (tertiary/aromatic N) is 5. The fraction of sp³-hybridized carbons (Fsp3) is 0.500. The van der Waals surface area contributed by atoms with Crippen LogP contribution in [0.4, 0.5) is 0 Å². The molecule has 0 fully saturated rings. The zero-order valence-electron chi connectivity index (χ0n) is 27.3. The van der Waals surface area contributed by atoms with E-state index in [0.29, 0.717) is 28.2 Å². The average molecular weight is 737 g/mol. The Bertz CT molecular complexity index is 1750. The molecular weight excluding hydrogens is 696 g/mol. The molecule has 0 amide bonds. The van der Waals surface area contributed by atoms with Crippen molar-refractivity contribution in [2.24, 2.45) is 5.73 Å². The standard InChI is InChI=1S/C15H14Cl2N2O3.C8H14N4OS.C5H12NO4P/c1-5-6-21-12-8-11(9(16)7-10(12)17)19-14(20)22-13(18-19)15(2,3)4;1-8(2,3)5-6(13)12(9)7(14-4)11-10-5;1-11(9,10)3-2-4(6)5(7)8/h1,7-8H,6H2,2-4H3;9H2,1-4H3;4H,2-3,6H2,1H3,(H,7,8)(H,9,10). The van der Waals surface area contributed by atoms with Crippen LogP contribution in [-0.2, 0) is 20.2 Å². The highest BCUT2D eigenvalue weighted by molar-refractivity contribution is 7.98. The number of carboxylic acids is 1. The van der Waals surface area contributed by atoms with E-state index in [1.807, 2.05) is 41.5 Å². The summed E-state index contributed by atoms with van der Waals surface area (Å²) in [5, 5.41) is 21.2. The largest absolute Gasteiger partial charge is 0.480 e. The van der Waals surface area contributed by atoms with Crippen molar-refractivity contribution in [2.75, 3.05) is 31.5 Å². The number of carbonyl (C=O) groups is 1. The van der Waals surface area contributed by atoms with Gasteiger partial charge >= 0.3 is 11.7 Å². The number of hydrogen-bond acceptors (Lipinski definition) is 12. The lowest BCUT2D eigenvalue weighted by Crippen LogP contribution is -2.37. The molecule has 2 aromatic heterocycles. The molecule has 1 aromatic carbocycles. The maximum Gasteiger partial charge on any atom is 0.442 e. The predicted octanol–water partition coefficient (Wildman–Crippen LogP) is 3.50. The molecule has 260 valence electrons. The smallest absolute Gasteiger partial charge is 0.442 e. The van der Waals surface area contributed by atoms with Gasteiger partial charge in [0.25, 0.3) is 5.56 Å². The predicted molar refractivity (Wildman–Crippen MR) is 183 cm³/mol. The number of terminal acetylenes is 1. The number of rotatable bonds is 8. The highest BCUT2D eigenvalue weighted by Crippen LogP contribution is 2.36. The van der Waals surface area contributed by atoms with E-state index in [1.54, 1.807) is 6.26 Å². The van der Waals surface area contributed by atoms with Crippen molar-refractivity contribution in [3.8, 4) is 23.8 Å². The number of carboxylic acid groups (broad SMARTS) is 1. The van der Waals surface area contributed by atoms with E-state index in [2.05, 4.69) is 21.2 Å². The molecule has 0 saturated heterocycles. The van der Waals surface area contributed by atoms with Gasteiger partial charge in [-0.25, -0.2) is 4.79 Å². The van der Waals surface area contributed by atoms with Gasteiger partial charge in [0, 0.05) is 29.7 Å². The van der Waals surface area contributed by atoms with Crippen molar-refractivity contribution in [3.63, 3.8) is 0 Å². The second-order valence-corrected chi connectivity index (χ2v) is 16.2. The molecule has 0 spiro atoms. The number of benzene rings is 1. The van der Waals surface area contributed by atoms with Crippen LogP contribution in [0.15, 0.2) is 31.3 Å². The van der Waals surface area contributed by atoms with E-state index in [0.717, 1.165) is 9.36 Å². The van der Waals surface area contributed by atoms with Gasteiger partial charge in [0.2, 0.25) is 11.0 Å². The van der Waals surface area contributed by atoms with Gasteiger partial charge < -0.3 is 30.7 Å². The highest BCUT2D eigenvalue weighted by atomic mass is 35.5. The van der Waals surface area contributed by atoms with Crippen LogP contribution in [0.1, 0.15) is 59.5 Å². The summed E-state index contributed by atoms with van der Waals surface area (Å²) in [5.41, 5.74) is 4.76. The van der Waals surface area contributed by atoms with Gasteiger partial charge in [-0.3, -0.25) is 14.2 Å². The number of ether oxygens (including phenoxy) is 1. The molecule has 2 atom stereocenters. The molecule has 15 nitrogen and oxygen atoms in total. The number of halogens is 2. The van der Waals surface area contributed by atoms with Gasteiger partial charge in [-0.1, -0.05) is 82.4 Å². The molecule has 6 N–H and O–H groups in total. The van der Waals surface area contributed by atoms with Crippen LogP contribution < -0.4 is 27.6 Å².